The van der Waals surface area contributed by atoms with Gasteiger partial charge in [-0.05, 0) is 51.2 Å². The molecule has 0 aromatic heterocycles. The minimum absolute atomic E-state index is 0.285. The molecule has 2 N–H and O–H groups in total. The molecule has 1 aliphatic heterocycles. The molecule has 104 valence electrons. The topological polar surface area (TPSA) is 44.5 Å². The molecular weight excluding hydrogens is 237 g/mol. The molecule has 0 aliphatic carbocycles. The van der Waals surface area contributed by atoms with Gasteiger partial charge in [0, 0.05) is 0 Å². The van der Waals surface area contributed by atoms with Crippen LogP contribution in [0.5, 0.6) is 0 Å². The van der Waals surface area contributed by atoms with Gasteiger partial charge in [0.1, 0.15) is 0 Å². The zero-order chi connectivity index (χ0) is 14.3. The van der Waals surface area contributed by atoms with Crippen LogP contribution in [0.15, 0.2) is 24.3 Å². The van der Waals surface area contributed by atoms with E-state index >= 15 is 0 Å². The molecule has 0 saturated carbocycles. The standard InChI is InChI=1S/C15H24BNO2/c1-11(10-17)12-6-8-13(9-7-12)16-18-14(2,3)15(4,5)19-16/h6-9,11H,10,17H2,1-5H3/t11-/m0/s1. The molecule has 0 unspecified atom stereocenters. The van der Waals surface area contributed by atoms with E-state index in [9.17, 15) is 0 Å². The Bertz CT molecular complexity index is 426. The third-order valence-corrected chi connectivity index (χ3v) is 4.38. The van der Waals surface area contributed by atoms with Gasteiger partial charge in [0.15, 0.2) is 0 Å². The normalized spacial score (nSPS) is 22.5. The Balaban J connectivity index is 2.17. The van der Waals surface area contributed by atoms with E-state index in [2.05, 4.69) is 58.9 Å². The molecule has 1 heterocycles. The Morgan fingerprint density at radius 1 is 1.05 bits per heavy atom. The predicted octanol–water partition coefficient (Wildman–Crippen LogP) is 2.05. The van der Waals surface area contributed by atoms with Gasteiger partial charge in [-0.2, -0.15) is 0 Å². The minimum atomic E-state index is -0.291. The van der Waals surface area contributed by atoms with Crippen LogP contribution in [0.4, 0.5) is 0 Å². The largest absolute Gasteiger partial charge is 0.494 e. The van der Waals surface area contributed by atoms with E-state index in [1.54, 1.807) is 0 Å². The highest BCUT2D eigenvalue weighted by Gasteiger charge is 2.51. The van der Waals surface area contributed by atoms with E-state index in [4.69, 9.17) is 15.0 Å². The molecule has 0 spiro atoms. The molecular formula is C15H24BNO2. The molecule has 0 radical (unpaired) electrons. The fourth-order valence-corrected chi connectivity index (χ4v) is 2.10. The van der Waals surface area contributed by atoms with Crippen molar-refractivity contribution in [1.29, 1.82) is 0 Å². The summed E-state index contributed by atoms with van der Waals surface area (Å²) in [5, 5.41) is 0. The van der Waals surface area contributed by atoms with Gasteiger partial charge in [0.25, 0.3) is 0 Å². The average Bonchev–Trinajstić information content (AvgIpc) is 2.58. The first kappa shape index (κ1) is 14.6. The average molecular weight is 261 g/mol. The molecule has 3 nitrogen and oxygen atoms in total. The lowest BCUT2D eigenvalue weighted by atomic mass is 9.78. The van der Waals surface area contributed by atoms with Gasteiger partial charge in [-0.3, -0.25) is 0 Å². The predicted molar refractivity (Wildman–Crippen MR) is 79.6 cm³/mol. The number of benzene rings is 1. The minimum Gasteiger partial charge on any atom is -0.399 e. The summed E-state index contributed by atoms with van der Waals surface area (Å²) in [5.41, 5.74) is 7.42. The summed E-state index contributed by atoms with van der Waals surface area (Å²) in [6.45, 7) is 11.1. The molecule has 1 fully saturated rings. The zero-order valence-electron chi connectivity index (χ0n) is 12.6. The first-order valence-electron chi connectivity index (χ1n) is 6.92. The maximum absolute atomic E-state index is 6.03. The smallest absolute Gasteiger partial charge is 0.399 e. The second-order valence-electron chi connectivity index (χ2n) is 6.39. The highest BCUT2D eigenvalue weighted by atomic mass is 16.7. The maximum Gasteiger partial charge on any atom is 0.494 e. The van der Waals surface area contributed by atoms with Crippen LogP contribution in [0.1, 0.15) is 46.1 Å². The molecule has 4 heteroatoms. The van der Waals surface area contributed by atoms with Gasteiger partial charge >= 0.3 is 7.12 Å². The first-order chi connectivity index (χ1) is 8.77. The van der Waals surface area contributed by atoms with E-state index in [1.807, 2.05) is 0 Å². The summed E-state index contributed by atoms with van der Waals surface area (Å²) in [6.07, 6.45) is 0. The summed E-state index contributed by atoms with van der Waals surface area (Å²) in [6, 6.07) is 8.36. The molecule has 0 bridgehead atoms. The van der Waals surface area contributed by atoms with Crippen LogP contribution in [-0.2, 0) is 9.31 Å². The van der Waals surface area contributed by atoms with Crippen molar-refractivity contribution < 1.29 is 9.31 Å². The number of hydrogen-bond donors (Lipinski definition) is 1. The molecule has 1 atom stereocenters. The Hall–Kier alpha value is -0.835. The van der Waals surface area contributed by atoms with Gasteiger partial charge in [0.05, 0.1) is 11.2 Å². The molecule has 1 aliphatic rings. The van der Waals surface area contributed by atoms with Crippen molar-refractivity contribution >= 4 is 12.6 Å². The van der Waals surface area contributed by atoms with E-state index in [0.717, 1.165) is 5.46 Å². The van der Waals surface area contributed by atoms with E-state index in [-0.39, 0.29) is 18.3 Å². The van der Waals surface area contributed by atoms with Crippen molar-refractivity contribution in [2.75, 3.05) is 6.54 Å². The number of rotatable bonds is 3. The van der Waals surface area contributed by atoms with E-state index in [0.29, 0.717) is 12.5 Å². The Morgan fingerprint density at radius 3 is 1.95 bits per heavy atom. The molecule has 1 saturated heterocycles. The third-order valence-electron chi connectivity index (χ3n) is 4.38. The Morgan fingerprint density at radius 2 is 1.53 bits per heavy atom. The Kier molecular flexibility index (Phi) is 3.78. The number of nitrogens with two attached hydrogens (primary N) is 1. The fraction of sp³-hybridized carbons (Fsp3) is 0.600. The van der Waals surface area contributed by atoms with Crippen molar-refractivity contribution in [1.82, 2.24) is 0 Å². The van der Waals surface area contributed by atoms with Crippen molar-refractivity contribution in [3.63, 3.8) is 0 Å². The summed E-state index contributed by atoms with van der Waals surface area (Å²) in [4.78, 5) is 0. The van der Waals surface area contributed by atoms with Gasteiger partial charge in [0.2, 0.25) is 0 Å². The van der Waals surface area contributed by atoms with Crippen molar-refractivity contribution in [2.24, 2.45) is 5.73 Å². The first-order valence-corrected chi connectivity index (χ1v) is 6.92. The molecule has 2 rings (SSSR count). The van der Waals surface area contributed by atoms with Gasteiger partial charge in [-0.15, -0.1) is 0 Å². The van der Waals surface area contributed by atoms with Crippen LogP contribution in [-0.4, -0.2) is 24.9 Å². The van der Waals surface area contributed by atoms with Crippen LogP contribution in [0.2, 0.25) is 0 Å². The van der Waals surface area contributed by atoms with Crippen molar-refractivity contribution in [2.45, 2.75) is 51.7 Å². The van der Waals surface area contributed by atoms with Crippen molar-refractivity contribution in [3.8, 4) is 0 Å². The van der Waals surface area contributed by atoms with Gasteiger partial charge in [-0.1, -0.05) is 31.2 Å². The lowest BCUT2D eigenvalue weighted by Gasteiger charge is -2.32. The second-order valence-corrected chi connectivity index (χ2v) is 6.39. The highest BCUT2D eigenvalue weighted by Crippen LogP contribution is 2.36. The van der Waals surface area contributed by atoms with Gasteiger partial charge < -0.3 is 15.0 Å². The van der Waals surface area contributed by atoms with Gasteiger partial charge in [-0.25, -0.2) is 0 Å². The molecule has 0 amide bonds. The monoisotopic (exact) mass is 261 g/mol. The van der Waals surface area contributed by atoms with Crippen LogP contribution in [0.25, 0.3) is 0 Å². The van der Waals surface area contributed by atoms with E-state index < -0.39 is 0 Å². The van der Waals surface area contributed by atoms with Crippen LogP contribution in [0, 0.1) is 0 Å². The molecule has 1 aromatic rings. The summed E-state index contributed by atoms with van der Waals surface area (Å²) >= 11 is 0. The van der Waals surface area contributed by atoms with Crippen LogP contribution >= 0.6 is 0 Å². The van der Waals surface area contributed by atoms with Crippen molar-refractivity contribution in [3.05, 3.63) is 29.8 Å². The fourth-order valence-electron chi connectivity index (χ4n) is 2.10. The quantitative estimate of drug-likeness (QED) is 0.847. The highest BCUT2D eigenvalue weighted by molar-refractivity contribution is 6.62. The second kappa shape index (κ2) is 4.93. The SMILES string of the molecule is C[C@@H](CN)c1ccc(B2OC(C)(C)C(C)(C)O2)cc1. The lowest BCUT2D eigenvalue weighted by Crippen LogP contribution is -2.41. The zero-order valence-corrected chi connectivity index (χ0v) is 12.6. The maximum atomic E-state index is 6.03. The molecule has 19 heavy (non-hydrogen) atoms. The summed E-state index contributed by atoms with van der Waals surface area (Å²) in [7, 11) is -0.285. The summed E-state index contributed by atoms with van der Waals surface area (Å²) < 4.78 is 12.1. The third kappa shape index (κ3) is 2.71. The van der Waals surface area contributed by atoms with Crippen LogP contribution in [0.3, 0.4) is 0 Å². The Labute approximate surface area is 116 Å². The summed E-state index contributed by atoms with van der Waals surface area (Å²) in [5.74, 6) is 0.382. The number of hydrogen-bond acceptors (Lipinski definition) is 3. The molecule has 1 aromatic carbocycles. The van der Waals surface area contributed by atoms with Crippen LogP contribution < -0.4 is 11.2 Å². The van der Waals surface area contributed by atoms with E-state index in [1.165, 1.54) is 5.56 Å². The lowest BCUT2D eigenvalue weighted by molar-refractivity contribution is 0.00578.